The summed E-state index contributed by atoms with van der Waals surface area (Å²) in [5.41, 5.74) is 5.22. The van der Waals surface area contributed by atoms with Gasteiger partial charge in [0.2, 0.25) is 10.0 Å². The van der Waals surface area contributed by atoms with Crippen LogP contribution in [0.1, 0.15) is 19.4 Å². The van der Waals surface area contributed by atoms with E-state index in [1.807, 2.05) is 0 Å². The van der Waals surface area contributed by atoms with E-state index in [1.54, 1.807) is 26.0 Å². The van der Waals surface area contributed by atoms with Crippen LogP contribution in [0.25, 0.3) is 0 Å². The number of hydrogen-bond acceptors (Lipinski definition) is 4. The molecule has 110 valence electrons. The van der Waals surface area contributed by atoms with E-state index in [0.29, 0.717) is 5.56 Å². The molecule has 0 radical (unpaired) electrons. The predicted molar refractivity (Wildman–Crippen MR) is 78.7 cm³/mol. The smallest absolute Gasteiger partial charge is 0.241 e. The number of benzene rings is 1. The molecule has 0 saturated heterocycles. The molecule has 0 spiro atoms. The van der Waals surface area contributed by atoms with Gasteiger partial charge in [0.1, 0.15) is 0 Å². The van der Waals surface area contributed by atoms with Gasteiger partial charge in [-0.3, -0.25) is 0 Å². The zero-order valence-electron chi connectivity index (χ0n) is 11.9. The number of rotatable bonds is 5. The van der Waals surface area contributed by atoms with E-state index >= 15 is 0 Å². The molecule has 0 fully saturated rings. The van der Waals surface area contributed by atoms with Gasteiger partial charge in [-0.25, -0.2) is 13.1 Å². The molecule has 0 saturated carbocycles. The number of hydrogen-bond donors (Lipinski definition) is 2. The molecule has 0 aliphatic rings. The van der Waals surface area contributed by atoms with Crippen molar-refractivity contribution in [3.63, 3.8) is 0 Å². The van der Waals surface area contributed by atoms with Gasteiger partial charge >= 0.3 is 0 Å². The highest BCUT2D eigenvalue weighted by Gasteiger charge is 2.26. The lowest BCUT2D eigenvalue weighted by Gasteiger charge is -2.24. The predicted octanol–water partition coefficient (Wildman–Crippen LogP) is 0.700. The molecule has 0 heterocycles. The Balaban J connectivity index is 3.04. The van der Waals surface area contributed by atoms with Crippen molar-refractivity contribution >= 4 is 10.0 Å². The molecule has 3 N–H and O–H groups in total. The van der Waals surface area contributed by atoms with Crippen molar-refractivity contribution in [2.75, 3.05) is 20.3 Å². The Morgan fingerprint density at radius 1 is 1.40 bits per heavy atom. The Morgan fingerprint density at radius 3 is 2.70 bits per heavy atom. The van der Waals surface area contributed by atoms with Gasteiger partial charge in [-0.05, 0) is 32.0 Å². The summed E-state index contributed by atoms with van der Waals surface area (Å²) in [5.74, 6) is 5.51. The quantitative estimate of drug-likeness (QED) is 0.784. The molecule has 0 aromatic heterocycles. The summed E-state index contributed by atoms with van der Waals surface area (Å²) in [7, 11) is -2.09. The van der Waals surface area contributed by atoms with Gasteiger partial charge in [0, 0.05) is 12.7 Å². The average Bonchev–Trinajstić information content (AvgIpc) is 2.35. The van der Waals surface area contributed by atoms with Gasteiger partial charge < -0.3 is 10.5 Å². The summed E-state index contributed by atoms with van der Waals surface area (Å²) >= 11 is 0. The number of sulfonamides is 1. The Bertz CT molecular complexity index is 613. The van der Waals surface area contributed by atoms with Crippen LogP contribution in [0.5, 0.6) is 0 Å². The number of methoxy groups -OCH3 is 1. The molecule has 0 amide bonds. The normalized spacial score (nSPS) is 11.8. The molecule has 20 heavy (non-hydrogen) atoms. The number of nitrogens with one attached hydrogen (secondary N) is 1. The van der Waals surface area contributed by atoms with E-state index in [9.17, 15) is 8.42 Å². The fourth-order valence-corrected chi connectivity index (χ4v) is 3.15. The van der Waals surface area contributed by atoms with Gasteiger partial charge in [0.05, 0.1) is 23.6 Å². The number of ether oxygens (including phenoxy) is 1. The average molecular weight is 296 g/mol. The first-order chi connectivity index (χ1) is 9.30. The van der Waals surface area contributed by atoms with Crippen LogP contribution >= 0.6 is 0 Å². The zero-order valence-corrected chi connectivity index (χ0v) is 12.8. The number of nitrogens with two attached hydrogens (primary N) is 1. The van der Waals surface area contributed by atoms with Gasteiger partial charge in [-0.2, -0.15) is 0 Å². The van der Waals surface area contributed by atoms with E-state index in [4.69, 9.17) is 10.5 Å². The van der Waals surface area contributed by atoms with Crippen LogP contribution in [0.4, 0.5) is 0 Å². The van der Waals surface area contributed by atoms with Crippen LogP contribution in [0.2, 0.25) is 0 Å². The highest BCUT2D eigenvalue weighted by atomic mass is 32.2. The summed E-state index contributed by atoms with van der Waals surface area (Å²) in [5, 5.41) is 0. The first kappa shape index (κ1) is 16.7. The second kappa shape index (κ2) is 6.86. The Hall–Kier alpha value is -1.39. The van der Waals surface area contributed by atoms with Crippen LogP contribution in [0.15, 0.2) is 29.2 Å². The Morgan fingerprint density at radius 2 is 2.10 bits per heavy atom. The molecule has 6 heteroatoms. The summed E-state index contributed by atoms with van der Waals surface area (Å²) in [6, 6.07) is 6.44. The standard InChI is InChI=1S/C14H20N2O3S/c1-14(2,11-19-3)16-20(17,18)13-8-4-6-12(10-13)7-5-9-15/h4,6,8,10,16H,9,11,15H2,1-3H3. The molecule has 1 aromatic carbocycles. The monoisotopic (exact) mass is 296 g/mol. The second-order valence-electron chi connectivity index (χ2n) is 4.96. The highest BCUT2D eigenvalue weighted by Crippen LogP contribution is 2.14. The molecule has 0 atom stereocenters. The minimum absolute atomic E-state index is 0.172. The molecular formula is C14H20N2O3S. The van der Waals surface area contributed by atoms with Gasteiger partial charge in [-0.1, -0.05) is 17.9 Å². The SMILES string of the molecule is COCC(C)(C)NS(=O)(=O)c1cccc(C#CCN)c1. The van der Waals surface area contributed by atoms with E-state index in [-0.39, 0.29) is 18.0 Å². The molecule has 1 aromatic rings. The first-order valence-electron chi connectivity index (χ1n) is 6.13. The second-order valence-corrected chi connectivity index (χ2v) is 6.64. The van der Waals surface area contributed by atoms with Crippen LogP contribution in [0, 0.1) is 11.8 Å². The van der Waals surface area contributed by atoms with E-state index in [0.717, 1.165) is 0 Å². The minimum Gasteiger partial charge on any atom is -0.383 e. The van der Waals surface area contributed by atoms with Crippen LogP contribution in [-0.4, -0.2) is 34.2 Å². The molecule has 0 unspecified atom stereocenters. The maximum absolute atomic E-state index is 12.3. The summed E-state index contributed by atoms with van der Waals surface area (Å²) < 4.78 is 32.2. The van der Waals surface area contributed by atoms with Crippen molar-refractivity contribution in [3.05, 3.63) is 29.8 Å². The van der Waals surface area contributed by atoms with Crippen LogP contribution < -0.4 is 10.5 Å². The summed E-state index contributed by atoms with van der Waals surface area (Å²) in [6.45, 7) is 4.02. The highest BCUT2D eigenvalue weighted by molar-refractivity contribution is 7.89. The lowest BCUT2D eigenvalue weighted by molar-refractivity contribution is 0.141. The third-order valence-electron chi connectivity index (χ3n) is 2.39. The minimum atomic E-state index is -3.62. The molecule has 0 aliphatic heterocycles. The first-order valence-corrected chi connectivity index (χ1v) is 7.61. The molecule has 1 rings (SSSR count). The van der Waals surface area contributed by atoms with Crippen LogP contribution in [-0.2, 0) is 14.8 Å². The molecular weight excluding hydrogens is 276 g/mol. The van der Waals surface area contributed by atoms with Crippen LogP contribution in [0.3, 0.4) is 0 Å². The Kier molecular flexibility index (Phi) is 5.72. The van der Waals surface area contributed by atoms with E-state index in [2.05, 4.69) is 16.6 Å². The molecule has 5 nitrogen and oxygen atoms in total. The van der Waals surface area contributed by atoms with Crippen molar-refractivity contribution < 1.29 is 13.2 Å². The summed E-state index contributed by atoms with van der Waals surface area (Å²) in [4.78, 5) is 0.172. The lowest BCUT2D eigenvalue weighted by atomic mass is 10.1. The van der Waals surface area contributed by atoms with Gasteiger partial charge in [-0.15, -0.1) is 0 Å². The lowest BCUT2D eigenvalue weighted by Crippen LogP contribution is -2.46. The molecule has 0 aliphatic carbocycles. The van der Waals surface area contributed by atoms with Crippen molar-refractivity contribution in [3.8, 4) is 11.8 Å². The largest absolute Gasteiger partial charge is 0.383 e. The third kappa shape index (κ3) is 4.94. The van der Waals surface area contributed by atoms with E-state index < -0.39 is 15.6 Å². The van der Waals surface area contributed by atoms with Crippen molar-refractivity contribution in [1.82, 2.24) is 4.72 Å². The topological polar surface area (TPSA) is 81.4 Å². The zero-order chi connectivity index (χ0) is 15.2. The Labute approximate surface area is 120 Å². The fraction of sp³-hybridized carbons (Fsp3) is 0.429. The third-order valence-corrected chi connectivity index (χ3v) is 4.09. The molecule has 0 bridgehead atoms. The van der Waals surface area contributed by atoms with Crippen molar-refractivity contribution in [2.45, 2.75) is 24.3 Å². The van der Waals surface area contributed by atoms with Gasteiger partial charge in [0.25, 0.3) is 0 Å². The van der Waals surface area contributed by atoms with E-state index in [1.165, 1.54) is 19.2 Å². The summed E-state index contributed by atoms with van der Waals surface area (Å²) in [6.07, 6.45) is 0. The van der Waals surface area contributed by atoms with Gasteiger partial charge in [0.15, 0.2) is 0 Å². The van der Waals surface area contributed by atoms with Crippen molar-refractivity contribution in [2.24, 2.45) is 5.73 Å². The van der Waals surface area contributed by atoms with Crippen molar-refractivity contribution in [1.29, 1.82) is 0 Å². The fourth-order valence-electron chi connectivity index (χ4n) is 1.71. The maximum Gasteiger partial charge on any atom is 0.241 e. The maximum atomic E-state index is 12.3.